The van der Waals surface area contributed by atoms with E-state index < -0.39 is 0 Å². The Kier molecular flexibility index (Phi) is 5.27. The maximum absolute atomic E-state index is 4.51. The molecule has 1 aromatic heterocycles. The molecular formula is C17H23N3. The molecule has 0 radical (unpaired) electrons. The second-order valence-electron chi connectivity index (χ2n) is 5.35. The van der Waals surface area contributed by atoms with Crippen LogP contribution < -0.4 is 5.32 Å². The number of aryl methyl sites for hydroxylation is 1. The van der Waals surface area contributed by atoms with Crippen molar-refractivity contribution < 1.29 is 0 Å². The second-order valence-corrected chi connectivity index (χ2v) is 5.35. The highest BCUT2D eigenvalue weighted by molar-refractivity contribution is 5.22. The Labute approximate surface area is 121 Å². The van der Waals surface area contributed by atoms with E-state index >= 15 is 0 Å². The van der Waals surface area contributed by atoms with E-state index in [0.29, 0.717) is 0 Å². The third-order valence-corrected chi connectivity index (χ3v) is 3.23. The van der Waals surface area contributed by atoms with Crippen molar-refractivity contribution in [3.8, 4) is 0 Å². The Morgan fingerprint density at radius 3 is 2.60 bits per heavy atom. The Hall–Kier alpha value is -1.71. The molecule has 0 aliphatic carbocycles. The predicted octanol–water partition coefficient (Wildman–Crippen LogP) is 2.74. The highest BCUT2D eigenvalue weighted by Crippen LogP contribution is 2.09. The van der Waals surface area contributed by atoms with Gasteiger partial charge in [-0.15, -0.1) is 0 Å². The first-order valence-electron chi connectivity index (χ1n) is 7.00. The summed E-state index contributed by atoms with van der Waals surface area (Å²) in [5.74, 6) is 0. The number of benzene rings is 1. The number of hydrogen-bond donors (Lipinski definition) is 1. The quantitative estimate of drug-likeness (QED) is 0.874. The molecule has 3 heteroatoms. The van der Waals surface area contributed by atoms with Gasteiger partial charge < -0.3 is 5.32 Å². The molecule has 0 unspecified atom stereocenters. The minimum Gasteiger partial charge on any atom is -0.316 e. The highest BCUT2D eigenvalue weighted by atomic mass is 15.1. The summed E-state index contributed by atoms with van der Waals surface area (Å²) in [4.78, 5) is 6.80. The smallest absolute Gasteiger partial charge is 0.0544 e. The largest absolute Gasteiger partial charge is 0.316 e. The van der Waals surface area contributed by atoms with Gasteiger partial charge in [0.15, 0.2) is 0 Å². The van der Waals surface area contributed by atoms with Crippen LogP contribution in [0.1, 0.15) is 22.4 Å². The molecular weight excluding hydrogens is 246 g/mol. The molecule has 0 amide bonds. The lowest BCUT2D eigenvalue weighted by molar-refractivity contribution is 0.315. The molecule has 0 fully saturated rings. The van der Waals surface area contributed by atoms with Crippen LogP contribution in [0.4, 0.5) is 0 Å². The van der Waals surface area contributed by atoms with Crippen molar-refractivity contribution in [2.24, 2.45) is 0 Å². The van der Waals surface area contributed by atoms with Gasteiger partial charge in [0, 0.05) is 25.8 Å². The number of aromatic nitrogens is 1. The Morgan fingerprint density at radius 2 is 1.95 bits per heavy atom. The fourth-order valence-corrected chi connectivity index (χ4v) is 2.31. The first-order chi connectivity index (χ1) is 9.67. The van der Waals surface area contributed by atoms with Crippen LogP contribution in [-0.2, 0) is 19.6 Å². The van der Waals surface area contributed by atoms with Crippen molar-refractivity contribution in [3.63, 3.8) is 0 Å². The van der Waals surface area contributed by atoms with Crippen molar-refractivity contribution in [1.82, 2.24) is 15.2 Å². The fourth-order valence-electron chi connectivity index (χ4n) is 2.31. The topological polar surface area (TPSA) is 28.2 Å². The van der Waals surface area contributed by atoms with E-state index in [2.05, 4.69) is 65.6 Å². The SMILES string of the molecule is CNCc1ccc(CN(C)Cc2cccc(C)c2)nc1. The van der Waals surface area contributed by atoms with Gasteiger partial charge in [0.25, 0.3) is 0 Å². The van der Waals surface area contributed by atoms with Crippen LogP contribution in [0.15, 0.2) is 42.6 Å². The molecule has 106 valence electrons. The zero-order chi connectivity index (χ0) is 14.4. The lowest BCUT2D eigenvalue weighted by Gasteiger charge is -2.16. The van der Waals surface area contributed by atoms with Crippen molar-refractivity contribution in [2.45, 2.75) is 26.6 Å². The molecule has 0 saturated carbocycles. The maximum atomic E-state index is 4.51. The van der Waals surface area contributed by atoms with E-state index in [0.717, 1.165) is 25.3 Å². The summed E-state index contributed by atoms with van der Waals surface area (Å²) in [5.41, 5.74) is 4.99. The predicted molar refractivity (Wildman–Crippen MR) is 83.4 cm³/mol. The minimum absolute atomic E-state index is 0.867. The van der Waals surface area contributed by atoms with Gasteiger partial charge in [-0.05, 0) is 38.2 Å². The molecule has 0 saturated heterocycles. The number of hydrogen-bond acceptors (Lipinski definition) is 3. The van der Waals surface area contributed by atoms with Gasteiger partial charge >= 0.3 is 0 Å². The summed E-state index contributed by atoms with van der Waals surface area (Å²) in [6.45, 7) is 4.81. The average Bonchev–Trinajstić information content (AvgIpc) is 2.41. The summed E-state index contributed by atoms with van der Waals surface area (Å²) in [6.07, 6.45) is 1.95. The Morgan fingerprint density at radius 1 is 1.10 bits per heavy atom. The summed E-state index contributed by atoms with van der Waals surface area (Å²) < 4.78 is 0. The third-order valence-electron chi connectivity index (χ3n) is 3.23. The van der Waals surface area contributed by atoms with E-state index in [9.17, 15) is 0 Å². The van der Waals surface area contributed by atoms with Gasteiger partial charge in [-0.3, -0.25) is 9.88 Å². The molecule has 20 heavy (non-hydrogen) atoms. The van der Waals surface area contributed by atoms with Gasteiger partial charge in [-0.25, -0.2) is 0 Å². The third kappa shape index (κ3) is 4.44. The number of pyridine rings is 1. The van der Waals surface area contributed by atoms with Crippen molar-refractivity contribution >= 4 is 0 Å². The van der Waals surface area contributed by atoms with Crippen LogP contribution in [0, 0.1) is 6.92 Å². The number of rotatable bonds is 6. The Balaban J connectivity index is 1.92. The summed E-state index contributed by atoms with van der Waals surface area (Å²) in [6, 6.07) is 12.9. The zero-order valence-electron chi connectivity index (χ0n) is 12.6. The molecule has 0 aliphatic rings. The van der Waals surface area contributed by atoms with E-state index in [4.69, 9.17) is 0 Å². The van der Waals surface area contributed by atoms with Crippen LogP contribution in [0.3, 0.4) is 0 Å². The lowest BCUT2D eigenvalue weighted by Crippen LogP contribution is -2.18. The van der Waals surface area contributed by atoms with Crippen molar-refractivity contribution in [1.29, 1.82) is 0 Å². The van der Waals surface area contributed by atoms with E-state index in [-0.39, 0.29) is 0 Å². The minimum atomic E-state index is 0.867. The van der Waals surface area contributed by atoms with Crippen molar-refractivity contribution in [2.75, 3.05) is 14.1 Å². The first-order valence-corrected chi connectivity index (χ1v) is 7.00. The second kappa shape index (κ2) is 7.17. The molecule has 3 nitrogen and oxygen atoms in total. The van der Waals surface area contributed by atoms with Gasteiger partial charge in [0.2, 0.25) is 0 Å². The first kappa shape index (κ1) is 14.7. The Bertz CT molecular complexity index is 534. The molecule has 2 rings (SSSR count). The van der Waals surface area contributed by atoms with E-state index in [1.54, 1.807) is 0 Å². The standard InChI is InChI=1S/C17H23N3/c1-14-5-4-6-15(9-14)12-20(3)13-17-8-7-16(10-18-2)11-19-17/h4-9,11,18H,10,12-13H2,1-3H3. The van der Waals surface area contributed by atoms with Crippen LogP contribution in [-0.4, -0.2) is 24.0 Å². The highest BCUT2D eigenvalue weighted by Gasteiger charge is 2.03. The molecule has 2 aromatic rings. The lowest BCUT2D eigenvalue weighted by atomic mass is 10.1. The van der Waals surface area contributed by atoms with E-state index in [1.807, 2.05) is 13.2 Å². The molecule has 1 heterocycles. The molecule has 0 spiro atoms. The molecule has 0 aliphatic heterocycles. The summed E-state index contributed by atoms with van der Waals surface area (Å²) in [5, 5.41) is 3.13. The summed E-state index contributed by atoms with van der Waals surface area (Å²) >= 11 is 0. The average molecular weight is 269 g/mol. The van der Waals surface area contributed by atoms with Crippen LogP contribution in [0.5, 0.6) is 0 Å². The van der Waals surface area contributed by atoms with Gasteiger partial charge in [0.1, 0.15) is 0 Å². The summed E-state index contributed by atoms with van der Waals surface area (Å²) in [7, 11) is 4.08. The number of nitrogens with zero attached hydrogens (tertiary/aromatic N) is 2. The number of nitrogens with one attached hydrogen (secondary N) is 1. The van der Waals surface area contributed by atoms with Crippen molar-refractivity contribution in [3.05, 3.63) is 65.0 Å². The molecule has 0 atom stereocenters. The monoisotopic (exact) mass is 269 g/mol. The maximum Gasteiger partial charge on any atom is 0.0544 e. The van der Waals surface area contributed by atoms with E-state index in [1.165, 1.54) is 16.7 Å². The van der Waals surface area contributed by atoms with Crippen LogP contribution in [0.25, 0.3) is 0 Å². The van der Waals surface area contributed by atoms with Crippen LogP contribution >= 0.6 is 0 Å². The fraction of sp³-hybridized carbons (Fsp3) is 0.353. The van der Waals surface area contributed by atoms with Gasteiger partial charge in [-0.2, -0.15) is 0 Å². The molecule has 1 N–H and O–H groups in total. The van der Waals surface area contributed by atoms with Gasteiger partial charge in [0.05, 0.1) is 5.69 Å². The molecule has 1 aromatic carbocycles. The van der Waals surface area contributed by atoms with Gasteiger partial charge in [-0.1, -0.05) is 35.9 Å². The molecule has 0 bridgehead atoms. The normalized spacial score (nSPS) is 11.0. The van der Waals surface area contributed by atoms with Crippen LogP contribution in [0.2, 0.25) is 0 Å². The zero-order valence-corrected chi connectivity index (χ0v) is 12.6.